The number of halogens is 1. The zero-order chi connectivity index (χ0) is 15.6. The summed E-state index contributed by atoms with van der Waals surface area (Å²) in [7, 11) is -1.91. The van der Waals surface area contributed by atoms with Gasteiger partial charge in [0.15, 0.2) is 0 Å². The van der Waals surface area contributed by atoms with Gasteiger partial charge in [-0.15, -0.1) is 0 Å². The van der Waals surface area contributed by atoms with Gasteiger partial charge in [0.05, 0.1) is 12.2 Å². The molecular weight excluding hydrogens is 356 g/mol. The third-order valence-corrected chi connectivity index (χ3v) is 5.53. The molecule has 0 unspecified atom stereocenters. The van der Waals surface area contributed by atoms with E-state index >= 15 is 0 Å². The molecule has 0 aliphatic rings. The fourth-order valence-electron chi connectivity index (χ4n) is 1.98. The molecule has 0 aliphatic carbocycles. The molecule has 0 bridgehead atoms. The molecule has 0 saturated carbocycles. The highest BCUT2D eigenvalue weighted by Crippen LogP contribution is 2.29. The summed E-state index contributed by atoms with van der Waals surface area (Å²) in [6.07, 6.45) is 0. The quantitative estimate of drug-likeness (QED) is 0.845. The summed E-state index contributed by atoms with van der Waals surface area (Å²) in [6, 6.07) is 6.94. The normalized spacial score (nSPS) is 11.6. The Kier molecular flexibility index (Phi) is 4.75. The van der Waals surface area contributed by atoms with Gasteiger partial charge in [-0.1, -0.05) is 12.1 Å². The van der Waals surface area contributed by atoms with Gasteiger partial charge in [0.2, 0.25) is 0 Å². The van der Waals surface area contributed by atoms with E-state index in [9.17, 15) is 8.42 Å². The molecule has 2 rings (SSSR count). The van der Waals surface area contributed by atoms with Crippen LogP contribution in [0.1, 0.15) is 17.1 Å². The minimum absolute atomic E-state index is 0.154. The molecule has 1 heterocycles. The Morgan fingerprint density at radius 3 is 2.67 bits per heavy atom. The molecule has 1 aromatic heterocycles. The molecule has 1 aromatic carbocycles. The van der Waals surface area contributed by atoms with E-state index in [4.69, 9.17) is 4.42 Å². The van der Waals surface area contributed by atoms with Gasteiger partial charge in [-0.3, -0.25) is 4.72 Å². The molecule has 0 amide bonds. The first-order chi connectivity index (χ1) is 9.85. The highest BCUT2D eigenvalue weighted by molar-refractivity contribution is 9.10. The summed E-state index contributed by atoms with van der Waals surface area (Å²) in [5.74, 6) is 0.954. The highest BCUT2D eigenvalue weighted by atomic mass is 79.9. The molecule has 5 nitrogen and oxygen atoms in total. The van der Waals surface area contributed by atoms with E-state index in [0.29, 0.717) is 23.8 Å². The number of anilines is 1. The number of benzene rings is 1. The summed E-state index contributed by atoms with van der Waals surface area (Å²) < 4.78 is 33.7. The van der Waals surface area contributed by atoms with Gasteiger partial charge in [0, 0.05) is 10.5 Å². The van der Waals surface area contributed by atoms with Crippen LogP contribution in [0, 0.1) is 13.8 Å². The smallest absolute Gasteiger partial charge is 0.265 e. The average Bonchev–Trinajstić information content (AvgIpc) is 2.77. The summed E-state index contributed by atoms with van der Waals surface area (Å²) in [5.41, 5.74) is 1.46. The lowest BCUT2D eigenvalue weighted by atomic mass is 10.2. The van der Waals surface area contributed by atoms with Crippen molar-refractivity contribution in [2.75, 3.05) is 11.8 Å². The van der Waals surface area contributed by atoms with Gasteiger partial charge in [-0.25, -0.2) is 8.42 Å². The minimum atomic E-state index is -3.68. The molecule has 0 fully saturated rings. The summed E-state index contributed by atoms with van der Waals surface area (Å²) >= 11 is 3.39. The number of hydrogen-bond acceptors (Lipinski definition) is 4. The van der Waals surface area contributed by atoms with Gasteiger partial charge in [0.25, 0.3) is 10.0 Å². The van der Waals surface area contributed by atoms with Crippen LogP contribution < -0.4 is 10.0 Å². The zero-order valence-electron chi connectivity index (χ0n) is 12.0. The first-order valence-electron chi connectivity index (χ1n) is 6.37. The largest absolute Gasteiger partial charge is 0.464 e. The monoisotopic (exact) mass is 372 g/mol. The summed E-state index contributed by atoms with van der Waals surface area (Å²) in [6.45, 7) is 4.01. The van der Waals surface area contributed by atoms with Crippen molar-refractivity contribution in [3.63, 3.8) is 0 Å². The standard InChI is InChI=1S/C14H17BrN2O3S/c1-9-5-4-6-12(14(9)15)17-21(18,19)13-7-11(8-16-3)20-10(13)2/h4-7,16-17H,8H2,1-3H3. The predicted molar refractivity (Wildman–Crippen MR) is 85.9 cm³/mol. The fraction of sp³-hybridized carbons (Fsp3) is 0.286. The molecule has 0 radical (unpaired) electrons. The number of rotatable bonds is 5. The summed E-state index contributed by atoms with van der Waals surface area (Å²) in [4.78, 5) is 0.154. The molecule has 0 atom stereocenters. The molecular formula is C14H17BrN2O3S. The minimum Gasteiger partial charge on any atom is -0.464 e. The van der Waals surface area contributed by atoms with Crippen molar-refractivity contribution in [1.29, 1.82) is 0 Å². The Hall–Kier alpha value is -1.31. The van der Waals surface area contributed by atoms with Crippen LogP contribution in [-0.2, 0) is 16.6 Å². The van der Waals surface area contributed by atoms with E-state index in [2.05, 4.69) is 26.0 Å². The van der Waals surface area contributed by atoms with Crippen LogP contribution in [0.2, 0.25) is 0 Å². The van der Waals surface area contributed by atoms with Gasteiger partial charge in [0.1, 0.15) is 16.4 Å². The van der Waals surface area contributed by atoms with Crippen molar-refractivity contribution in [1.82, 2.24) is 5.32 Å². The second kappa shape index (κ2) is 6.21. The van der Waals surface area contributed by atoms with Crippen molar-refractivity contribution in [2.24, 2.45) is 0 Å². The Balaban J connectivity index is 2.36. The molecule has 2 aromatic rings. The zero-order valence-corrected chi connectivity index (χ0v) is 14.4. The molecule has 114 valence electrons. The maximum atomic E-state index is 12.5. The van der Waals surface area contributed by atoms with Crippen molar-refractivity contribution < 1.29 is 12.8 Å². The second-order valence-corrected chi connectivity index (χ2v) is 7.15. The Bertz CT molecular complexity index is 754. The first-order valence-corrected chi connectivity index (χ1v) is 8.64. The first kappa shape index (κ1) is 16.1. The lowest BCUT2D eigenvalue weighted by molar-refractivity contribution is 0.466. The topological polar surface area (TPSA) is 71.3 Å². The molecule has 2 N–H and O–H groups in total. The van der Waals surface area contributed by atoms with Crippen molar-refractivity contribution in [3.8, 4) is 0 Å². The molecule has 0 spiro atoms. The van der Waals surface area contributed by atoms with Gasteiger partial charge in [-0.2, -0.15) is 0 Å². The SMILES string of the molecule is CNCc1cc(S(=O)(=O)Nc2cccc(C)c2Br)c(C)o1. The Labute approximate surface area is 132 Å². The lowest BCUT2D eigenvalue weighted by Gasteiger charge is -2.10. The lowest BCUT2D eigenvalue weighted by Crippen LogP contribution is -2.13. The van der Waals surface area contributed by atoms with Crippen LogP contribution in [0.4, 0.5) is 5.69 Å². The van der Waals surface area contributed by atoms with Crippen LogP contribution in [0.3, 0.4) is 0 Å². The van der Waals surface area contributed by atoms with Crippen LogP contribution in [0.25, 0.3) is 0 Å². The van der Waals surface area contributed by atoms with Crippen molar-refractivity contribution in [2.45, 2.75) is 25.3 Å². The maximum absolute atomic E-state index is 12.5. The molecule has 7 heteroatoms. The fourth-order valence-corrected chi connectivity index (χ4v) is 3.75. The van der Waals surface area contributed by atoms with E-state index in [0.717, 1.165) is 10.0 Å². The van der Waals surface area contributed by atoms with Crippen LogP contribution in [-0.4, -0.2) is 15.5 Å². The van der Waals surface area contributed by atoms with Crippen LogP contribution in [0.5, 0.6) is 0 Å². The highest BCUT2D eigenvalue weighted by Gasteiger charge is 2.22. The predicted octanol–water partition coefficient (Wildman–Crippen LogP) is 3.18. The van der Waals surface area contributed by atoms with Crippen molar-refractivity contribution >= 4 is 31.6 Å². The number of aryl methyl sites for hydroxylation is 2. The van der Waals surface area contributed by atoms with Gasteiger partial charge in [-0.05, 0) is 48.5 Å². The van der Waals surface area contributed by atoms with E-state index in [-0.39, 0.29) is 4.90 Å². The summed E-state index contributed by atoms with van der Waals surface area (Å²) in [5, 5.41) is 2.93. The molecule has 0 aliphatic heterocycles. The van der Waals surface area contributed by atoms with Crippen LogP contribution >= 0.6 is 15.9 Å². The van der Waals surface area contributed by atoms with E-state index in [1.807, 2.05) is 13.0 Å². The molecule has 0 saturated heterocycles. The van der Waals surface area contributed by atoms with E-state index in [1.165, 1.54) is 6.07 Å². The Morgan fingerprint density at radius 2 is 2.00 bits per heavy atom. The van der Waals surface area contributed by atoms with Crippen molar-refractivity contribution in [3.05, 3.63) is 45.8 Å². The van der Waals surface area contributed by atoms with E-state index < -0.39 is 10.0 Å². The Morgan fingerprint density at radius 1 is 1.29 bits per heavy atom. The average molecular weight is 373 g/mol. The molecule has 21 heavy (non-hydrogen) atoms. The number of hydrogen-bond donors (Lipinski definition) is 2. The third kappa shape index (κ3) is 3.48. The maximum Gasteiger partial charge on any atom is 0.265 e. The van der Waals surface area contributed by atoms with Gasteiger partial charge >= 0.3 is 0 Å². The number of furan rings is 1. The van der Waals surface area contributed by atoms with Gasteiger partial charge < -0.3 is 9.73 Å². The number of sulfonamides is 1. The third-order valence-electron chi connectivity index (χ3n) is 3.00. The number of nitrogens with one attached hydrogen (secondary N) is 2. The van der Waals surface area contributed by atoms with E-state index in [1.54, 1.807) is 26.1 Å². The van der Waals surface area contributed by atoms with Crippen LogP contribution in [0.15, 0.2) is 38.1 Å². The second-order valence-electron chi connectivity index (χ2n) is 4.71.